The number of nitrogens with zero attached hydrogens (tertiary/aromatic N) is 5. The highest BCUT2D eigenvalue weighted by Crippen LogP contribution is 2.37. The quantitative estimate of drug-likeness (QED) is 0.488. The summed E-state index contributed by atoms with van der Waals surface area (Å²) in [5.41, 5.74) is 2.31. The Morgan fingerprint density at radius 2 is 1.88 bits per heavy atom. The van der Waals surface area contributed by atoms with E-state index in [1.54, 1.807) is 29.4 Å². The molecule has 0 unspecified atom stereocenters. The van der Waals surface area contributed by atoms with Crippen LogP contribution in [0.15, 0.2) is 46.8 Å². The van der Waals surface area contributed by atoms with Gasteiger partial charge in [0.1, 0.15) is 16.2 Å². The maximum Gasteiger partial charge on any atom is 0.197 e. The average molecular weight is 368 g/mol. The van der Waals surface area contributed by atoms with Gasteiger partial charge in [-0.3, -0.25) is 0 Å². The lowest BCUT2D eigenvalue weighted by Gasteiger charge is -2.07. The van der Waals surface area contributed by atoms with E-state index < -0.39 is 0 Å². The number of benzene rings is 1. The summed E-state index contributed by atoms with van der Waals surface area (Å²) in [5, 5.41) is 11.8. The molecular formula is C18H17N5S2. The first-order valence-corrected chi connectivity index (χ1v) is 9.69. The van der Waals surface area contributed by atoms with E-state index in [9.17, 15) is 0 Å². The number of thiophene rings is 1. The molecule has 0 radical (unpaired) electrons. The van der Waals surface area contributed by atoms with Crippen LogP contribution in [0, 0.1) is 13.8 Å². The zero-order valence-corrected chi connectivity index (χ0v) is 15.9. The minimum absolute atomic E-state index is 0.801. The molecule has 0 aliphatic rings. The normalized spacial score (nSPS) is 11.3. The van der Waals surface area contributed by atoms with Crippen LogP contribution in [0.1, 0.15) is 17.4 Å². The summed E-state index contributed by atoms with van der Waals surface area (Å²) >= 11 is 3.26. The van der Waals surface area contributed by atoms with Gasteiger partial charge in [0.2, 0.25) is 0 Å². The van der Waals surface area contributed by atoms with Crippen molar-refractivity contribution < 1.29 is 0 Å². The van der Waals surface area contributed by atoms with E-state index in [2.05, 4.69) is 57.6 Å². The smallest absolute Gasteiger partial charge is 0.197 e. The van der Waals surface area contributed by atoms with Crippen LogP contribution in [0.25, 0.3) is 21.6 Å². The van der Waals surface area contributed by atoms with Gasteiger partial charge in [-0.2, -0.15) is 0 Å². The average Bonchev–Trinajstić information content (AvgIpc) is 3.17. The highest BCUT2D eigenvalue weighted by molar-refractivity contribution is 7.99. The van der Waals surface area contributed by atoms with Crippen molar-refractivity contribution in [2.75, 3.05) is 0 Å². The van der Waals surface area contributed by atoms with E-state index in [0.29, 0.717) is 0 Å². The van der Waals surface area contributed by atoms with Crippen molar-refractivity contribution >= 4 is 33.3 Å². The topological polar surface area (TPSA) is 56.5 Å². The molecule has 0 fully saturated rings. The molecule has 7 heteroatoms. The van der Waals surface area contributed by atoms with Crippen molar-refractivity contribution in [2.45, 2.75) is 37.5 Å². The minimum Gasteiger partial charge on any atom is -0.302 e. The molecular weight excluding hydrogens is 350 g/mol. The second-order valence-corrected chi connectivity index (χ2v) is 7.82. The summed E-state index contributed by atoms with van der Waals surface area (Å²) in [6.45, 7) is 7.16. The Hall–Kier alpha value is -2.25. The number of hydrogen-bond acceptors (Lipinski definition) is 6. The fourth-order valence-corrected chi connectivity index (χ4v) is 4.86. The number of aromatic nitrogens is 5. The first kappa shape index (κ1) is 16.2. The summed E-state index contributed by atoms with van der Waals surface area (Å²) in [4.78, 5) is 11.2. The number of fused-ring (bicyclic) bond motifs is 1. The molecule has 0 aliphatic carbocycles. The zero-order chi connectivity index (χ0) is 17.4. The molecule has 1 aromatic carbocycles. The third kappa shape index (κ3) is 2.83. The largest absolute Gasteiger partial charge is 0.302 e. The molecule has 126 valence electrons. The molecule has 4 rings (SSSR count). The Morgan fingerprint density at radius 3 is 2.64 bits per heavy atom. The van der Waals surface area contributed by atoms with Crippen molar-refractivity contribution in [3.05, 3.63) is 47.1 Å². The van der Waals surface area contributed by atoms with Gasteiger partial charge >= 0.3 is 0 Å². The molecule has 3 aromatic heterocycles. The molecule has 0 atom stereocenters. The molecule has 5 nitrogen and oxygen atoms in total. The van der Waals surface area contributed by atoms with Gasteiger partial charge in [0.25, 0.3) is 0 Å². The Balaban J connectivity index is 1.79. The van der Waals surface area contributed by atoms with Gasteiger partial charge < -0.3 is 4.57 Å². The Bertz CT molecular complexity index is 1040. The molecule has 0 saturated carbocycles. The van der Waals surface area contributed by atoms with Crippen LogP contribution in [-0.2, 0) is 6.54 Å². The van der Waals surface area contributed by atoms with E-state index in [0.717, 1.165) is 38.3 Å². The SMILES string of the molecule is CCn1c(Sc2ncnc3sc(C)c(C)c23)nnc1-c1ccccc1. The van der Waals surface area contributed by atoms with E-state index in [1.165, 1.54) is 10.4 Å². The predicted octanol–water partition coefficient (Wildman–Crippen LogP) is 4.74. The molecule has 4 aromatic rings. The molecule has 0 bridgehead atoms. The molecule has 0 amide bonds. The second kappa shape index (κ2) is 6.57. The highest BCUT2D eigenvalue weighted by atomic mass is 32.2. The lowest BCUT2D eigenvalue weighted by atomic mass is 10.2. The van der Waals surface area contributed by atoms with Crippen LogP contribution in [0.2, 0.25) is 0 Å². The lowest BCUT2D eigenvalue weighted by Crippen LogP contribution is -2.00. The predicted molar refractivity (Wildman–Crippen MR) is 102 cm³/mol. The summed E-state index contributed by atoms with van der Waals surface area (Å²) in [5.74, 6) is 0.883. The van der Waals surface area contributed by atoms with Gasteiger partial charge in [-0.15, -0.1) is 21.5 Å². The zero-order valence-electron chi connectivity index (χ0n) is 14.2. The van der Waals surface area contributed by atoms with Crippen LogP contribution >= 0.6 is 23.1 Å². The van der Waals surface area contributed by atoms with E-state index in [4.69, 9.17) is 0 Å². The highest BCUT2D eigenvalue weighted by Gasteiger charge is 2.18. The van der Waals surface area contributed by atoms with Crippen molar-refractivity contribution in [1.82, 2.24) is 24.7 Å². The van der Waals surface area contributed by atoms with Crippen LogP contribution in [0.4, 0.5) is 0 Å². The summed E-state index contributed by atoms with van der Waals surface area (Å²) < 4.78 is 2.13. The Labute approximate surface area is 154 Å². The van der Waals surface area contributed by atoms with Crippen molar-refractivity contribution in [2.24, 2.45) is 0 Å². The first-order valence-electron chi connectivity index (χ1n) is 8.06. The van der Waals surface area contributed by atoms with Crippen LogP contribution in [0.3, 0.4) is 0 Å². The molecule has 0 saturated heterocycles. The van der Waals surface area contributed by atoms with Gasteiger partial charge in [0.15, 0.2) is 11.0 Å². The summed E-state index contributed by atoms with van der Waals surface area (Å²) in [6, 6.07) is 10.1. The summed E-state index contributed by atoms with van der Waals surface area (Å²) in [6.07, 6.45) is 1.63. The third-order valence-electron chi connectivity index (χ3n) is 4.18. The first-order chi connectivity index (χ1) is 12.2. The van der Waals surface area contributed by atoms with Crippen molar-refractivity contribution in [3.63, 3.8) is 0 Å². The van der Waals surface area contributed by atoms with Gasteiger partial charge in [-0.25, -0.2) is 9.97 Å². The van der Waals surface area contributed by atoms with Crippen molar-refractivity contribution in [3.8, 4) is 11.4 Å². The van der Waals surface area contributed by atoms with Gasteiger partial charge in [-0.1, -0.05) is 30.3 Å². The third-order valence-corrected chi connectivity index (χ3v) is 6.29. The Kier molecular flexibility index (Phi) is 4.27. The van der Waals surface area contributed by atoms with Crippen LogP contribution < -0.4 is 0 Å². The number of rotatable bonds is 4. The maximum absolute atomic E-state index is 4.51. The second-order valence-electron chi connectivity index (χ2n) is 5.66. The number of aryl methyl sites for hydroxylation is 2. The van der Waals surface area contributed by atoms with E-state index in [1.807, 2.05) is 18.2 Å². The minimum atomic E-state index is 0.801. The van der Waals surface area contributed by atoms with E-state index in [-0.39, 0.29) is 0 Å². The van der Waals surface area contributed by atoms with Gasteiger partial charge in [0, 0.05) is 22.4 Å². The number of hydrogen-bond donors (Lipinski definition) is 0. The van der Waals surface area contributed by atoms with E-state index >= 15 is 0 Å². The standard InChI is InChI=1S/C18H17N5S2/c1-4-23-15(13-8-6-5-7-9-13)21-22-18(23)25-17-14-11(2)12(3)24-16(14)19-10-20-17/h5-10H,4H2,1-3H3. The van der Waals surface area contributed by atoms with Crippen LogP contribution in [-0.4, -0.2) is 24.7 Å². The maximum atomic E-state index is 4.51. The summed E-state index contributed by atoms with van der Waals surface area (Å²) in [7, 11) is 0. The van der Waals surface area contributed by atoms with Gasteiger partial charge in [-0.05, 0) is 38.1 Å². The molecule has 0 aliphatic heterocycles. The monoisotopic (exact) mass is 367 g/mol. The van der Waals surface area contributed by atoms with Crippen LogP contribution in [0.5, 0.6) is 0 Å². The Morgan fingerprint density at radius 1 is 1.08 bits per heavy atom. The van der Waals surface area contributed by atoms with Gasteiger partial charge in [0.05, 0.1) is 0 Å². The molecule has 3 heterocycles. The molecule has 0 spiro atoms. The van der Waals surface area contributed by atoms with Crippen molar-refractivity contribution in [1.29, 1.82) is 0 Å². The fraction of sp³-hybridized carbons (Fsp3) is 0.222. The fourth-order valence-electron chi connectivity index (χ4n) is 2.76. The lowest BCUT2D eigenvalue weighted by molar-refractivity contribution is 0.687. The molecule has 25 heavy (non-hydrogen) atoms. The molecule has 0 N–H and O–H groups in total.